The number of alkyl halides is 3. The number of piperidine rings is 1. The van der Waals surface area contributed by atoms with Crippen LogP contribution in [0, 0.1) is 5.92 Å². The number of carbonyl (C=O) groups excluding carboxylic acids is 1. The van der Waals surface area contributed by atoms with Gasteiger partial charge in [0.25, 0.3) is 0 Å². The highest BCUT2D eigenvalue weighted by Crippen LogP contribution is 2.34. The van der Waals surface area contributed by atoms with Crippen LogP contribution in [0.25, 0.3) is 22.4 Å². The molecule has 5 heterocycles. The second-order valence-electron chi connectivity index (χ2n) is 9.17. The van der Waals surface area contributed by atoms with E-state index in [1.807, 2.05) is 24.3 Å². The first-order valence-corrected chi connectivity index (χ1v) is 11.8. The van der Waals surface area contributed by atoms with E-state index in [4.69, 9.17) is 4.42 Å². The van der Waals surface area contributed by atoms with Crippen LogP contribution >= 0.6 is 0 Å². The number of fused-ring (bicyclic) bond motifs is 2. The number of amides is 1. The normalized spacial score (nSPS) is 18.4. The highest BCUT2D eigenvalue weighted by Gasteiger charge is 2.41. The zero-order chi connectivity index (χ0) is 25.7. The van der Waals surface area contributed by atoms with E-state index >= 15 is 0 Å². The van der Waals surface area contributed by atoms with Crippen LogP contribution in [0.3, 0.4) is 0 Å². The van der Waals surface area contributed by atoms with Gasteiger partial charge in [-0.3, -0.25) is 9.78 Å². The lowest BCUT2D eigenvalue weighted by Gasteiger charge is -2.38. The second kappa shape index (κ2) is 8.71. The van der Waals surface area contributed by atoms with Crippen molar-refractivity contribution >= 4 is 22.5 Å². The number of oxazole rings is 1. The van der Waals surface area contributed by atoms with Gasteiger partial charge in [0.15, 0.2) is 5.82 Å². The van der Waals surface area contributed by atoms with Crippen LogP contribution in [0.4, 0.5) is 18.9 Å². The van der Waals surface area contributed by atoms with Gasteiger partial charge in [-0.1, -0.05) is 6.58 Å². The van der Waals surface area contributed by atoms with Crippen molar-refractivity contribution in [3.05, 3.63) is 66.7 Å². The van der Waals surface area contributed by atoms with Crippen LogP contribution in [0.1, 0.15) is 18.1 Å². The van der Waals surface area contributed by atoms with Crippen molar-refractivity contribution in [1.82, 2.24) is 29.6 Å². The number of pyridine rings is 1. The summed E-state index contributed by atoms with van der Waals surface area (Å²) >= 11 is 0. The summed E-state index contributed by atoms with van der Waals surface area (Å²) in [5.74, 6) is -0.903. The third kappa shape index (κ3) is 4.11. The smallest absolute Gasteiger partial charge is 0.445 e. The molecule has 0 bridgehead atoms. The summed E-state index contributed by atoms with van der Waals surface area (Å²) in [4.78, 5) is 25.7. The monoisotopic (exact) mass is 509 g/mol. The van der Waals surface area contributed by atoms with Crippen molar-refractivity contribution in [3.8, 4) is 11.5 Å². The van der Waals surface area contributed by atoms with Crippen molar-refractivity contribution in [2.75, 3.05) is 24.5 Å². The van der Waals surface area contributed by atoms with Crippen LogP contribution < -0.4 is 4.90 Å². The molecule has 1 amide bonds. The third-order valence-corrected chi connectivity index (χ3v) is 6.93. The van der Waals surface area contributed by atoms with E-state index in [2.05, 4.69) is 31.6 Å². The number of carbonyl (C=O) groups is 1. The second-order valence-corrected chi connectivity index (χ2v) is 9.17. The van der Waals surface area contributed by atoms with Gasteiger partial charge in [-0.05, 0) is 36.3 Å². The van der Waals surface area contributed by atoms with E-state index in [0.717, 1.165) is 32.3 Å². The van der Waals surface area contributed by atoms with Gasteiger partial charge in [-0.25, -0.2) is 4.98 Å². The zero-order valence-electron chi connectivity index (χ0n) is 19.6. The fraction of sp³-hybridized carbons (Fsp3) is 0.320. The van der Waals surface area contributed by atoms with Gasteiger partial charge in [0, 0.05) is 49.0 Å². The van der Waals surface area contributed by atoms with Crippen molar-refractivity contribution in [1.29, 1.82) is 0 Å². The lowest BCUT2D eigenvalue weighted by Crippen LogP contribution is -2.46. The molecule has 1 aromatic carbocycles. The summed E-state index contributed by atoms with van der Waals surface area (Å²) in [5.41, 5.74) is 3.38. The summed E-state index contributed by atoms with van der Waals surface area (Å²) in [6.07, 6.45) is 0.833. The summed E-state index contributed by atoms with van der Waals surface area (Å²) < 4.78 is 45.8. The highest BCUT2D eigenvalue weighted by atomic mass is 19.4. The van der Waals surface area contributed by atoms with Crippen LogP contribution in [0.15, 0.2) is 59.5 Å². The quantitative estimate of drug-likeness (QED) is 0.387. The average molecular weight is 509 g/mol. The maximum atomic E-state index is 13.3. The standard InChI is InChI=1S/C25H22F3N7O2/c1-15-13-33(20-4-6-29-19-12-16(2-3-18(19)20)22-30-7-11-37-22)8-5-17(15)23(36)34-9-10-35-21(14-34)31-32-24(35)25(26,27)28/h2-4,6-7,11-12,17H,1,5,8-10,13-14H2/t17-/m0/s1. The minimum atomic E-state index is -4.58. The molecule has 6 rings (SSSR count). The van der Waals surface area contributed by atoms with Gasteiger partial charge in [-0.2, -0.15) is 13.2 Å². The number of hydrogen-bond acceptors (Lipinski definition) is 7. The van der Waals surface area contributed by atoms with Crippen molar-refractivity contribution in [2.45, 2.75) is 25.7 Å². The molecule has 0 aliphatic carbocycles. The van der Waals surface area contributed by atoms with Crippen molar-refractivity contribution in [3.63, 3.8) is 0 Å². The first-order valence-electron chi connectivity index (χ1n) is 11.8. The molecule has 0 saturated carbocycles. The Balaban J connectivity index is 1.17. The first-order chi connectivity index (χ1) is 17.8. The van der Waals surface area contributed by atoms with Gasteiger partial charge in [0.1, 0.15) is 6.26 Å². The minimum absolute atomic E-state index is 0.00272. The number of benzene rings is 1. The minimum Gasteiger partial charge on any atom is -0.445 e. The Morgan fingerprint density at radius 1 is 1.05 bits per heavy atom. The molecule has 1 saturated heterocycles. The fourth-order valence-electron chi connectivity index (χ4n) is 5.11. The zero-order valence-corrected chi connectivity index (χ0v) is 19.6. The SMILES string of the molecule is C=C1CN(c2ccnc3cc(-c4ncco4)ccc23)CC[C@@H]1C(=O)N1CCn2c(nnc2C(F)(F)F)C1. The molecule has 0 radical (unpaired) electrons. The number of halogens is 3. The molecule has 3 aromatic heterocycles. The molecule has 190 valence electrons. The Kier molecular flexibility index (Phi) is 5.46. The van der Waals surface area contributed by atoms with Gasteiger partial charge in [0.2, 0.25) is 17.6 Å². The average Bonchev–Trinajstić information content (AvgIpc) is 3.57. The van der Waals surface area contributed by atoms with E-state index in [1.54, 1.807) is 17.3 Å². The van der Waals surface area contributed by atoms with Crippen molar-refractivity contribution in [2.24, 2.45) is 5.92 Å². The fourth-order valence-corrected chi connectivity index (χ4v) is 5.11. The predicted octanol–water partition coefficient (Wildman–Crippen LogP) is 3.93. The molecule has 0 N–H and O–H groups in total. The molecule has 37 heavy (non-hydrogen) atoms. The molecular formula is C25H22F3N7O2. The van der Waals surface area contributed by atoms with Crippen LogP contribution in [0.5, 0.6) is 0 Å². The van der Waals surface area contributed by atoms with Crippen LogP contribution in [-0.4, -0.2) is 55.2 Å². The number of hydrogen-bond donors (Lipinski definition) is 0. The summed E-state index contributed by atoms with van der Waals surface area (Å²) in [6, 6.07) is 7.79. The number of rotatable bonds is 3. The number of aromatic nitrogens is 5. The summed E-state index contributed by atoms with van der Waals surface area (Å²) in [5, 5.41) is 7.93. The van der Waals surface area contributed by atoms with E-state index in [1.165, 1.54) is 6.26 Å². The van der Waals surface area contributed by atoms with Gasteiger partial charge < -0.3 is 18.8 Å². The Bertz CT molecular complexity index is 1500. The predicted molar refractivity (Wildman–Crippen MR) is 127 cm³/mol. The Labute approximate surface area is 209 Å². The largest absolute Gasteiger partial charge is 0.451 e. The van der Waals surface area contributed by atoms with Gasteiger partial charge in [-0.15, -0.1) is 10.2 Å². The van der Waals surface area contributed by atoms with E-state index in [9.17, 15) is 18.0 Å². The van der Waals surface area contributed by atoms with E-state index in [0.29, 0.717) is 25.4 Å². The lowest BCUT2D eigenvalue weighted by atomic mass is 9.90. The molecule has 12 heteroatoms. The number of anilines is 1. The van der Waals surface area contributed by atoms with Crippen LogP contribution in [-0.2, 0) is 24.1 Å². The molecule has 9 nitrogen and oxygen atoms in total. The molecule has 1 fully saturated rings. The molecule has 2 aliphatic heterocycles. The molecular weight excluding hydrogens is 487 g/mol. The third-order valence-electron chi connectivity index (χ3n) is 6.93. The van der Waals surface area contributed by atoms with Crippen LogP contribution in [0.2, 0.25) is 0 Å². The Morgan fingerprint density at radius 3 is 2.68 bits per heavy atom. The molecule has 2 aliphatic rings. The van der Waals surface area contributed by atoms with Gasteiger partial charge >= 0.3 is 6.18 Å². The summed E-state index contributed by atoms with van der Waals surface area (Å²) in [6.45, 7) is 5.47. The lowest BCUT2D eigenvalue weighted by molar-refractivity contribution is -0.148. The van der Waals surface area contributed by atoms with Crippen molar-refractivity contribution < 1.29 is 22.4 Å². The molecule has 1 atom stereocenters. The molecule has 4 aromatic rings. The topological polar surface area (TPSA) is 93.2 Å². The van der Waals surface area contributed by atoms with Gasteiger partial charge in [0.05, 0.1) is 24.2 Å². The maximum absolute atomic E-state index is 13.3. The maximum Gasteiger partial charge on any atom is 0.451 e. The molecule has 0 unspecified atom stereocenters. The number of nitrogens with zero attached hydrogens (tertiary/aromatic N) is 7. The van der Waals surface area contributed by atoms with E-state index < -0.39 is 17.9 Å². The molecule has 0 spiro atoms. The highest BCUT2D eigenvalue weighted by molar-refractivity contribution is 5.94. The van der Waals surface area contributed by atoms with E-state index in [-0.39, 0.29) is 31.4 Å². The summed E-state index contributed by atoms with van der Waals surface area (Å²) in [7, 11) is 0. The first kappa shape index (κ1) is 23.2. The Morgan fingerprint density at radius 2 is 1.92 bits per heavy atom. The Hall–Kier alpha value is -4.22.